The predicted octanol–water partition coefficient (Wildman–Crippen LogP) is 2.32. The van der Waals surface area contributed by atoms with E-state index in [9.17, 15) is 14.4 Å². The molecule has 0 bridgehead atoms. The van der Waals surface area contributed by atoms with E-state index < -0.39 is 5.63 Å². The van der Waals surface area contributed by atoms with Crippen molar-refractivity contribution in [2.45, 2.75) is 37.8 Å². The molecule has 3 heterocycles. The average Bonchev–Trinajstić information content (AvgIpc) is 3.22. The number of fused-ring (bicyclic) bond motifs is 1. The van der Waals surface area contributed by atoms with Crippen molar-refractivity contribution in [1.82, 2.24) is 15.6 Å². The lowest BCUT2D eigenvalue weighted by Gasteiger charge is -2.32. The Hall–Kier alpha value is -3.00. The number of piperidine rings is 1. The van der Waals surface area contributed by atoms with Crippen LogP contribution in [0.25, 0.3) is 11.1 Å². The Labute approximate surface area is 164 Å². The van der Waals surface area contributed by atoms with Crippen LogP contribution < -0.4 is 16.3 Å². The van der Waals surface area contributed by atoms with Gasteiger partial charge in [0.2, 0.25) is 11.8 Å². The zero-order chi connectivity index (χ0) is 19.5. The number of rotatable bonds is 5. The van der Waals surface area contributed by atoms with Gasteiger partial charge in [-0.05, 0) is 40.9 Å². The first-order valence-electron chi connectivity index (χ1n) is 9.10. The largest absolute Gasteiger partial charge is 0.420 e. The fourth-order valence-electron chi connectivity index (χ4n) is 3.38. The van der Waals surface area contributed by atoms with Gasteiger partial charge in [0.25, 0.3) is 0 Å². The molecule has 1 aliphatic heterocycles. The SMILES string of the molecule is O=C(CCc1nc2ccccc2oc1=O)N[C@@H]1CCC(=O)N[C@H]1c1ccsc1. The van der Waals surface area contributed by atoms with Gasteiger partial charge in [-0.15, -0.1) is 0 Å². The Balaban J connectivity index is 1.42. The van der Waals surface area contributed by atoms with Crippen molar-refractivity contribution < 1.29 is 14.0 Å². The van der Waals surface area contributed by atoms with Gasteiger partial charge >= 0.3 is 5.63 Å². The molecule has 1 saturated heterocycles. The monoisotopic (exact) mass is 397 g/mol. The van der Waals surface area contributed by atoms with E-state index >= 15 is 0 Å². The number of thiophene rings is 1. The third-order valence-corrected chi connectivity index (χ3v) is 5.50. The number of para-hydroxylation sites is 2. The number of nitrogens with one attached hydrogen (secondary N) is 2. The van der Waals surface area contributed by atoms with Crippen LogP contribution in [0.1, 0.15) is 36.6 Å². The summed E-state index contributed by atoms with van der Waals surface area (Å²) in [6.45, 7) is 0. The molecule has 3 aromatic rings. The molecular formula is C20H19N3O4S. The van der Waals surface area contributed by atoms with Gasteiger partial charge in [-0.25, -0.2) is 9.78 Å². The summed E-state index contributed by atoms with van der Waals surface area (Å²) in [6, 6.07) is 8.56. The third-order valence-electron chi connectivity index (χ3n) is 4.80. The molecule has 4 rings (SSSR count). The summed E-state index contributed by atoms with van der Waals surface area (Å²) in [6.07, 6.45) is 1.27. The van der Waals surface area contributed by atoms with E-state index in [0.29, 0.717) is 23.9 Å². The van der Waals surface area contributed by atoms with Gasteiger partial charge in [0.15, 0.2) is 5.58 Å². The van der Waals surface area contributed by atoms with E-state index in [4.69, 9.17) is 4.42 Å². The maximum atomic E-state index is 12.5. The van der Waals surface area contributed by atoms with E-state index in [1.165, 1.54) is 0 Å². The van der Waals surface area contributed by atoms with Crippen LogP contribution in [0.3, 0.4) is 0 Å². The highest BCUT2D eigenvalue weighted by Gasteiger charge is 2.31. The van der Waals surface area contributed by atoms with Crippen LogP contribution in [-0.2, 0) is 16.0 Å². The molecule has 1 fully saturated rings. The maximum Gasteiger partial charge on any atom is 0.358 e. The Morgan fingerprint density at radius 3 is 2.96 bits per heavy atom. The summed E-state index contributed by atoms with van der Waals surface area (Å²) in [7, 11) is 0. The standard InChI is InChI=1S/C20H19N3O4S/c24-17(8-6-15-20(26)27-16-4-2-1-3-13(16)21-15)22-14-5-7-18(25)23-19(14)12-9-10-28-11-12/h1-4,9-11,14,19H,5-8H2,(H,22,24)(H,23,25)/t14-,19+/m1/s1. The first-order valence-corrected chi connectivity index (χ1v) is 10.0. The molecular weight excluding hydrogens is 378 g/mol. The summed E-state index contributed by atoms with van der Waals surface area (Å²) in [5, 5.41) is 9.86. The molecule has 2 N–H and O–H groups in total. The van der Waals surface area contributed by atoms with Crippen LogP contribution in [0.4, 0.5) is 0 Å². The van der Waals surface area contributed by atoms with Gasteiger partial charge < -0.3 is 15.1 Å². The molecule has 0 aliphatic carbocycles. The normalized spacial score (nSPS) is 19.4. The van der Waals surface area contributed by atoms with Crippen molar-refractivity contribution in [1.29, 1.82) is 0 Å². The molecule has 144 valence electrons. The zero-order valence-corrected chi connectivity index (χ0v) is 15.8. The lowest BCUT2D eigenvalue weighted by molar-refractivity contribution is -0.127. The van der Waals surface area contributed by atoms with Crippen LogP contribution >= 0.6 is 11.3 Å². The number of hydrogen-bond acceptors (Lipinski definition) is 6. The minimum absolute atomic E-state index is 0.0142. The first-order chi connectivity index (χ1) is 13.6. The van der Waals surface area contributed by atoms with Crippen LogP contribution in [0.2, 0.25) is 0 Å². The zero-order valence-electron chi connectivity index (χ0n) is 15.0. The molecule has 8 heteroatoms. The van der Waals surface area contributed by atoms with Gasteiger partial charge in [-0.1, -0.05) is 12.1 Å². The highest BCUT2D eigenvalue weighted by atomic mass is 32.1. The van der Waals surface area contributed by atoms with Gasteiger partial charge in [-0.2, -0.15) is 11.3 Å². The smallest absolute Gasteiger partial charge is 0.358 e. The van der Waals surface area contributed by atoms with Gasteiger partial charge in [0.1, 0.15) is 11.2 Å². The van der Waals surface area contributed by atoms with Crippen LogP contribution in [0.15, 0.2) is 50.3 Å². The highest BCUT2D eigenvalue weighted by molar-refractivity contribution is 7.08. The lowest BCUT2D eigenvalue weighted by Crippen LogP contribution is -2.50. The van der Waals surface area contributed by atoms with Gasteiger partial charge in [-0.3, -0.25) is 9.59 Å². The van der Waals surface area contributed by atoms with Gasteiger partial charge in [0.05, 0.1) is 12.1 Å². The van der Waals surface area contributed by atoms with Crippen molar-refractivity contribution in [3.63, 3.8) is 0 Å². The predicted molar refractivity (Wildman–Crippen MR) is 105 cm³/mol. The number of hydrogen-bond donors (Lipinski definition) is 2. The fraction of sp³-hybridized carbons (Fsp3) is 0.300. The topological polar surface area (TPSA) is 101 Å². The maximum absolute atomic E-state index is 12.5. The number of benzene rings is 1. The highest BCUT2D eigenvalue weighted by Crippen LogP contribution is 2.26. The molecule has 0 saturated carbocycles. The Bertz CT molecular complexity index is 1060. The number of nitrogens with zero attached hydrogens (tertiary/aromatic N) is 1. The number of aryl methyl sites for hydroxylation is 1. The molecule has 7 nitrogen and oxygen atoms in total. The number of carbonyl (C=O) groups is 2. The van der Waals surface area contributed by atoms with Crippen molar-refractivity contribution >= 4 is 34.3 Å². The van der Waals surface area contributed by atoms with Crippen molar-refractivity contribution in [2.24, 2.45) is 0 Å². The molecule has 1 aliphatic rings. The Kier molecular flexibility index (Phi) is 5.21. The molecule has 0 spiro atoms. The molecule has 2 atom stereocenters. The summed E-state index contributed by atoms with van der Waals surface area (Å²) < 4.78 is 5.26. The van der Waals surface area contributed by atoms with E-state index in [0.717, 1.165) is 5.56 Å². The molecule has 2 aromatic heterocycles. The van der Waals surface area contributed by atoms with E-state index in [-0.39, 0.29) is 42.4 Å². The molecule has 2 amide bonds. The second-order valence-electron chi connectivity index (χ2n) is 6.73. The number of carbonyl (C=O) groups excluding carboxylic acids is 2. The minimum atomic E-state index is -0.521. The molecule has 1 aromatic carbocycles. The van der Waals surface area contributed by atoms with E-state index in [2.05, 4.69) is 15.6 Å². The number of amides is 2. The molecule has 28 heavy (non-hydrogen) atoms. The lowest BCUT2D eigenvalue weighted by atomic mass is 9.93. The Morgan fingerprint density at radius 1 is 1.29 bits per heavy atom. The second kappa shape index (κ2) is 7.93. The summed E-state index contributed by atoms with van der Waals surface area (Å²) >= 11 is 1.55. The average molecular weight is 397 g/mol. The van der Waals surface area contributed by atoms with E-state index in [1.807, 2.05) is 22.9 Å². The molecule has 0 unspecified atom stereocenters. The summed E-state index contributed by atoms with van der Waals surface area (Å²) in [4.78, 5) is 40.6. The fourth-order valence-corrected chi connectivity index (χ4v) is 4.07. The van der Waals surface area contributed by atoms with Crippen LogP contribution in [-0.4, -0.2) is 22.8 Å². The third kappa shape index (κ3) is 3.96. The van der Waals surface area contributed by atoms with Crippen molar-refractivity contribution in [3.8, 4) is 0 Å². The molecule has 0 radical (unpaired) electrons. The first kappa shape index (κ1) is 18.4. The minimum Gasteiger partial charge on any atom is -0.420 e. The van der Waals surface area contributed by atoms with Gasteiger partial charge in [0, 0.05) is 19.3 Å². The Morgan fingerprint density at radius 2 is 2.14 bits per heavy atom. The van der Waals surface area contributed by atoms with Crippen molar-refractivity contribution in [2.75, 3.05) is 0 Å². The van der Waals surface area contributed by atoms with Crippen molar-refractivity contribution in [3.05, 3.63) is 62.8 Å². The van der Waals surface area contributed by atoms with Crippen LogP contribution in [0.5, 0.6) is 0 Å². The summed E-state index contributed by atoms with van der Waals surface area (Å²) in [5.41, 5.74) is 1.72. The summed E-state index contributed by atoms with van der Waals surface area (Å²) in [5.74, 6) is -0.199. The second-order valence-corrected chi connectivity index (χ2v) is 7.51. The van der Waals surface area contributed by atoms with E-state index in [1.54, 1.807) is 29.5 Å². The van der Waals surface area contributed by atoms with Crippen LogP contribution in [0, 0.1) is 0 Å². The quantitative estimate of drug-likeness (QED) is 0.688. The number of aromatic nitrogens is 1.